The number of halogens is 2. The molecule has 0 aliphatic heterocycles. The Labute approximate surface area is 233 Å². The summed E-state index contributed by atoms with van der Waals surface area (Å²) in [6.45, 7) is 9.73. The first kappa shape index (κ1) is 34.9. The minimum Gasteiger partial charge on any atom is -1.00 e. The van der Waals surface area contributed by atoms with Gasteiger partial charge in [-0.15, -0.1) is 0 Å². The lowest BCUT2D eigenvalue weighted by molar-refractivity contribution is -0.732. The number of hydrogen-bond donors (Lipinski definition) is 0. The van der Waals surface area contributed by atoms with E-state index >= 15 is 0 Å². The molecule has 0 fully saturated rings. The van der Waals surface area contributed by atoms with E-state index in [0.29, 0.717) is 13.5 Å². The summed E-state index contributed by atoms with van der Waals surface area (Å²) in [6.07, 6.45) is 30.8. The van der Waals surface area contributed by atoms with Gasteiger partial charge >= 0.3 is 0 Å². The average Bonchev–Trinajstić information content (AvgIpc) is 3.49. The molecule has 0 saturated carbocycles. The number of unbranched alkanes of at least 4 members (excludes halogenated alkanes) is 11. The lowest BCUT2D eigenvalue weighted by Gasteiger charge is -2.03. The molecule has 8 heteroatoms. The van der Waals surface area contributed by atoms with Crippen LogP contribution in [-0.4, -0.2) is 22.3 Å². The number of nitrogens with zero attached hydrogens (tertiary/aromatic N) is 4. The maximum Gasteiger partial charge on any atom is 0.245 e. The second-order valence-electron chi connectivity index (χ2n) is 9.65. The van der Waals surface area contributed by atoms with Crippen LogP contribution < -0.4 is 33.9 Å². The number of hydrogen-bond acceptors (Lipinski definition) is 2. The molecule has 0 radical (unpaired) electrons. The third kappa shape index (κ3) is 17.4. The van der Waals surface area contributed by atoms with Crippen molar-refractivity contribution in [3.05, 3.63) is 37.4 Å². The fourth-order valence-electron chi connectivity index (χ4n) is 4.19. The Morgan fingerprint density at radius 1 is 0.528 bits per heavy atom. The molecular formula is C28H52Cl2N4O2. The van der Waals surface area contributed by atoms with Gasteiger partial charge in [-0.25, -0.2) is 18.3 Å². The maximum atomic E-state index is 5.84. The highest BCUT2D eigenvalue weighted by atomic mass is 35.5. The fraction of sp³-hybridized carbons (Fsp3) is 0.786. The summed E-state index contributed by atoms with van der Waals surface area (Å²) in [5, 5.41) is 0. The van der Waals surface area contributed by atoms with Crippen molar-refractivity contribution in [1.29, 1.82) is 0 Å². The first-order valence-corrected chi connectivity index (χ1v) is 14.1. The lowest BCUT2D eigenvalue weighted by Crippen LogP contribution is -3.00. The van der Waals surface area contributed by atoms with Crippen molar-refractivity contribution in [1.82, 2.24) is 9.13 Å². The molecule has 6 nitrogen and oxygen atoms in total. The average molecular weight is 548 g/mol. The summed E-state index contributed by atoms with van der Waals surface area (Å²) in [7, 11) is 0. The van der Waals surface area contributed by atoms with Gasteiger partial charge in [0.05, 0.1) is 26.3 Å². The van der Waals surface area contributed by atoms with Gasteiger partial charge in [0, 0.05) is 0 Å². The van der Waals surface area contributed by atoms with Crippen LogP contribution in [-0.2, 0) is 36.0 Å². The number of ether oxygens (including phenoxy) is 2. The van der Waals surface area contributed by atoms with Crippen LogP contribution in [0.5, 0.6) is 0 Å². The molecule has 2 rings (SSSR count). The standard InChI is InChI=1S/C28H52N4O2.2ClH/c1-3-5-7-9-13-17-29-19-21-31(25-29)27-33-23-15-11-12-16-24-34-28-32-22-20-30(26-32)18-14-10-8-6-4-2;;/h19-22,25-26H,3-18,23-24,27-28H2,1-2H3;2*1H/q+2;;/p-2. The van der Waals surface area contributed by atoms with E-state index < -0.39 is 0 Å². The third-order valence-corrected chi connectivity index (χ3v) is 6.34. The van der Waals surface area contributed by atoms with Gasteiger partial charge in [-0.3, -0.25) is 0 Å². The Bertz CT molecular complexity index is 664. The normalized spacial score (nSPS) is 10.8. The predicted octanol–water partition coefficient (Wildman–Crippen LogP) is 0.0222. The second kappa shape index (κ2) is 24.3. The number of imidazole rings is 2. The van der Waals surface area contributed by atoms with Crippen molar-refractivity contribution in [2.24, 2.45) is 0 Å². The van der Waals surface area contributed by atoms with Crippen LogP contribution in [0.2, 0.25) is 0 Å². The molecule has 0 saturated heterocycles. The minimum absolute atomic E-state index is 0. The van der Waals surface area contributed by atoms with E-state index in [1.165, 1.54) is 77.0 Å². The third-order valence-electron chi connectivity index (χ3n) is 6.34. The van der Waals surface area contributed by atoms with Crippen LogP contribution in [0.15, 0.2) is 37.4 Å². The zero-order valence-corrected chi connectivity index (χ0v) is 24.5. The molecule has 0 N–H and O–H groups in total. The monoisotopic (exact) mass is 546 g/mol. The molecule has 210 valence electrons. The molecule has 0 aromatic carbocycles. The van der Waals surface area contributed by atoms with Gasteiger partial charge in [0.2, 0.25) is 12.7 Å². The molecular weight excluding hydrogens is 495 g/mol. The van der Waals surface area contributed by atoms with E-state index in [9.17, 15) is 0 Å². The van der Waals surface area contributed by atoms with Crippen LogP contribution in [0.25, 0.3) is 0 Å². The molecule has 2 heterocycles. The number of aromatic nitrogens is 4. The van der Waals surface area contributed by atoms with Crippen molar-refractivity contribution < 1.29 is 43.4 Å². The predicted molar refractivity (Wildman–Crippen MR) is 137 cm³/mol. The van der Waals surface area contributed by atoms with E-state index in [4.69, 9.17) is 9.47 Å². The van der Waals surface area contributed by atoms with Gasteiger partial charge in [-0.2, -0.15) is 0 Å². The molecule has 2 aromatic heterocycles. The number of rotatable bonds is 23. The van der Waals surface area contributed by atoms with Crippen molar-refractivity contribution in [2.75, 3.05) is 13.2 Å². The summed E-state index contributed by atoms with van der Waals surface area (Å²) in [6, 6.07) is 0. The molecule has 0 unspecified atom stereocenters. The second-order valence-corrected chi connectivity index (χ2v) is 9.65. The highest BCUT2D eigenvalue weighted by Crippen LogP contribution is 2.05. The summed E-state index contributed by atoms with van der Waals surface area (Å²) >= 11 is 0. The van der Waals surface area contributed by atoms with E-state index in [1.54, 1.807) is 0 Å². The summed E-state index contributed by atoms with van der Waals surface area (Å²) < 4.78 is 20.5. The van der Waals surface area contributed by atoms with Crippen molar-refractivity contribution >= 4 is 0 Å². The van der Waals surface area contributed by atoms with Crippen LogP contribution >= 0.6 is 0 Å². The Balaban J connectivity index is 0.00000612. The summed E-state index contributed by atoms with van der Waals surface area (Å²) in [4.78, 5) is 0. The number of aryl methyl sites for hydroxylation is 2. The highest BCUT2D eigenvalue weighted by Gasteiger charge is 2.05. The van der Waals surface area contributed by atoms with Crippen molar-refractivity contribution in [3.63, 3.8) is 0 Å². The largest absolute Gasteiger partial charge is 1.00 e. The van der Waals surface area contributed by atoms with E-state index in [2.05, 4.69) is 69.6 Å². The molecule has 36 heavy (non-hydrogen) atoms. The van der Waals surface area contributed by atoms with Crippen LogP contribution in [0.3, 0.4) is 0 Å². The molecule has 0 aliphatic rings. The molecule has 0 bridgehead atoms. The zero-order chi connectivity index (χ0) is 24.1. The van der Waals surface area contributed by atoms with Crippen LogP contribution in [0, 0.1) is 0 Å². The van der Waals surface area contributed by atoms with Gasteiger partial charge in [-0.1, -0.05) is 65.2 Å². The Morgan fingerprint density at radius 2 is 0.917 bits per heavy atom. The SMILES string of the molecule is CCCCCCCn1cc[n+](COCCCCCCOC[n+]2ccn(CCCCCCC)c2)c1.[Cl-].[Cl-]. The first-order chi connectivity index (χ1) is 16.8. The van der Waals surface area contributed by atoms with Crippen LogP contribution in [0.1, 0.15) is 104 Å². The van der Waals surface area contributed by atoms with E-state index in [0.717, 1.165) is 39.1 Å². The Morgan fingerprint density at radius 3 is 1.33 bits per heavy atom. The van der Waals surface area contributed by atoms with Gasteiger partial charge in [0.25, 0.3) is 0 Å². The highest BCUT2D eigenvalue weighted by molar-refractivity contribution is 4.66. The quantitative estimate of drug-likeness (QED) is 0.145. The topological polar surface area (TPSA) is 36.1 Å². The van der Waals surface area contributed by atoms with Crippen molar-refractivity contribution in [3.8, 4) is 0 Å². The van der Waals surface area contributed by atoms with Gasteiger partial charge < -0.3 is 34.3 Å². The van der Waals surface area contributed by atoms with E-state index in [-0.39, 0.29) is 24.8 Å². The molecule has 0 amide bonds. The van der Waals surface area contributed by atoms with Gasteiger partial charge in [-0.05, 0) is 38.5 Å². The van der Waals surface area contributed by atoms with Crippen LogP contribution in [0.4, 0.5) is 0 Å². The molecule has 0 atom stereocenters. The Hall–Kier alpha value is -1.08. The maximum absolute atomic E-state index is 5.84. The minimum atomic E-state index is 0. The van der Waals surface area contributed by atoms with Gasteiger partial charge in [0.1, 0.15) is 24.8 Å². The summed E-state index contributed by atoms with van der Waals surface area (Å²) in [5.74, 6) is 0. The molecule has 0 aliphatic carbocycles. The Kier molecular flexibility index (Phi) is 23.5. The van der Waals surface area contributed by atoms with E-state index in [1.807, 2.05) is 0 Å². The zero-order valence-electron chi connectivity index (χ0n) is 23.0. The first-order valence-electron chi connectivity index (χ1n) is 14.1. The lowest BCUT2D eigenvalue weighted by atomic mass is 10.1. The molecule has 2 aromatic rings. The summed E-state index contributed by atoms with van der Waals surface area (Å²) in [5.41, 5.74) is 0. The van der Waals surface area contributed by atoms with Crippen molar-refractivity contribution in [2.45, 2.75) is 130 Å². The molecule has 0 spiro atoms. The van der Waals surface area contributed by atoms with Gasteiger partial charge in [0.15, 0.2) is 13.5 Å². The fourth-order valence-corrected chi connectivity index (χ4v) is 4.19. The smallest absolute Gasteiger partial charge is 0.245 e.